The van der Waals surface area contributed by atoms with Gasteiger partial charge in [-0.1, -0.05) is 72.3 Å². The molecule has 162 valence electrons. The SMILES string of the molecule is O=C1NC2(CCN(C(=O)C(c3ccccc3)c3ccccc3)CC2)Nc2ccc(Cl)cc21. The maximum absolute atomic E-state index is 13.7. The fourth-order valence-electron chi connectivity index (χ4n) is 4.70. The van der Waals surface area contributed by atoms with Crippen molar-refractivity contribution in [1.82, 2.24) is 10.2 Å². The molecule has 2 amide bonds. The lowest BCUT2D eigenvalue weighted by atomic mass is 9.87. The smallest absolute Gasteiger partial charge is 0.255 e. The first kappa shape index (κ1) is 20.6. The third kappa shape index (κ3) is 3.84. The zero-order chi connectivity index (χ0) is 22.1. The number of piperidine rings is 1. The van der Waals surface area contributed by atoms with Gasteiger partial charge < -0.3 is 15.5 Å². The second-order valence-corrected chi connectivity index (χ2v) is 8.87. The zero-order valence-electron chi connectivity index (χ0n) is 17.6. The van der Waals surface area contributed by atoms with Gasteiger partial charge in [0.15, 0.2) is 0 Å². The van der Waals surface area contributed by atoms with E-state index in [1.54, 1.807) is 12.1 Å². The molecular formula is C26H24ClN3O2. The van der Waals surface area contributed by atoms with Gasteiger partial charge in [-0.15, -0.1) is 0 Å². The summed E-state index contributed by atoms with van der Waals surface area (Å²) in [7, 11) is 0. The number of carbonyl (C=O) groups is 2. The van der Waals surface area contributed by atoms with Gasteiger partial charge in [-0.2, -0.15) is 0 Å². The molecule has 2 aliphatic rings. The molecule has 1 saturated heterocycles. The molecule has 3 aromatic rings. The van der Waals surface area contributed by atoms with E-state index in [1.807, 2.05) is 71.6 Å². The Hall–Kier alpha value is -3.31. The van der Waals surface area contributed by atoms with E-state index in [9.17, 15) is 9.59 Å². The second-order valence-electron chi connectivity index (χ2n) is 8.43. The molecule has 0 bridgehead atoms. The van der Waals surface area contributed by atoms with Crippen molar-refractivity contribution in [3.8, 4) is 0 Å². The Kier molecular flexibility index (Phi) is 5.35. The molecule has 2 N–H and O–H groups in total. The van der Waals surface area contributed by atoms with Crippen molar-refractivity contribution >= 4 is 29.1 Å². The molecule has 0 aromatic heterocycles. The molecule has 3 aromatic carbocycles. The third-order valence-corrected chi connectivity index (χ3v) is 6.63. The van der Waals surface area contributed by atoms with Crippen molar-refractivity contribution < 1.29 is 9.59 Å². The van der Waals surface area contributed by atoms with E-state index in [4.69, 9.17) is 11.6 Å². The first-order chi connectivity index (χ1) is 15.5. The van der Waals surface area contributed by atoms with E-state index in [0.29, 0.717) is 36.5 Å². The summed E-state index contributed by atoms with van der Waals surface area (Å²) in [4.78, 5) is 28.3. The van der Waals surface area contributed by atoms with Crippen molar-refractivity contribution in [2.75, 3.05) is 18.4 Å². The van der Waals surface area contributed by atoms with Gasteiger partial charge in [0.05, 0.1) is 11.5 Å². The average Bonchev–Trinajstić information content (AvgIpc) is 2.82. The van der Waals surface area contributed by atoms with E-state index in [1.165, 1.54) is 0 Å². The Bertz CT molecular complexity index is 1100. The third-order valence-electron chi connectivity index (χ3n) is 6.39. The van der Waals surface area contributed by atoms with Gasteiger partial charge >= 0.3 is 0 Å². The first-order valence-corrected chi connectivity index (χ1v) is 11.2. The fraction of sp³-hybridized carbons (Fsp3) is 0.231. The minimum absolute atomic E-state index is 0.0894. The number of benzene rings is 3. The van der Waals surface area contributed by atoms with Crippen LogP contribution in [-0.2, 0) is 4.79 Å². The Labute approximate surface area is 192 Å². The number of rotatable bonds is 3. The number of likely N-dealkylation sites (tertiary alicyclic amines) is 1. The van der Waals surface area contributed by atoms with E-state index in [2.05, 4.69) is 10.6 Å². The largest absolute Gasteiger partial charge is 0.362 e. The summed E-state index contributed by atoms with van der Waals surface area (Å²) in [5.41, 5.74) is 2.75. The number of amides is 2. The average molecular weight is 446 g/mol. The van der Waals surface area contributed by atoms with E-state index >= 15 is 0 Å². The molecule has 2 aliphatic heterocycles. The monoisotopic (exact) mass is 445 g/mol. The topological polar surface area (TPSA) is 61.4 Å². The number of nitrogens with zero attached hydrogens (tertiary/aromatic N) is 1. The van der Waals surface area contributed by atoms with Gasteiger partial charge in [0, 0.05) is 36.6 Å². The Morgan fingerprint density at radius 2 is 1.47 bits per heavy atom. The molecule has 5 nitrogen and oxygen atoms in total. The lowest BCUT2D eigenvalue weighted by Crippen LogP contribution is -2.63. The number of carbonyl (C=O) groups excluding carboxylic acids is 2. The molecule has 0 aliphatic carbocycles. The van der Waals surface area contributed by atoms with Crippen LogP contribution in [0.1, 0.15) is 40.2 Å². The van der Waals surface area contributed by atoms with Crippen molar-refractivity contribution in [3.63, 3.8) is 0 Å². The summed E-state index contributed by atoms with van der Waals surface area (Å²) in [5.74, 6) is -0.387. The predicted octanol–water partition coefficient (Wildman–Crippen LogP) is 4.65. The maximum atomic E-state index is 13.7. The summed E-state index contributed by atoms with van der Waals surface area (Å²) in [5, 5.41) is 7.15. The quantitative estimate of drug-likeness (QED) is 0.617. The van der Waals surface area contributed by atoms with Crippen LogP contribution in [0.5, 0.6) is 0 Å². The predicted molar refractivity (Wildman–Crippen MR) is 126 cm³/mol. The van der Waals surface area contributed by atoms with Crippen molar-refractivity contribution in [1.29, 1.82) is 0 Å². The molecule has 2 heterocycles. The summed E-state index contributed by atoms with van der Waals surface area (Å²) >= 11 is 6.05. The van der Waals surface area contributed by atoms with Crippen LogP contribution in [-0.4, -0.2) is 35.5 Å². The Morgan fingerprint density at radius 1 is 0.875 bits per heavy atom. The standard InChI is InChI=1S/C26H24ClN3O2/c27-20-11-12-22-21(17-20)24(31)29-26(28-22)13-15-30(16-14-26)25(32)23(18-7-3-1-4-8-18)19-9-5-2-6-10-19/h1-12,17,23,28H,13-16H2,(H,29,31). The fourth-order valence-corrected chi connectivity index (χ4v) is 4.87. The van der Waals surface area contributed by atoms with E-state index < -0.39 is 5.66 Å². The minimum Gasteiger partial charge on any atom is -0.362 e. The van der Waals surface area contributed by atoms with E-state index in [-0.39, 0.29) is 17.7 Å². The van der Waals surface area contributed by atoms with Crippen molar-refractivity contribution in [2.24, 2.45) is 0 Å². The lowest BCUT2D eigenvalue weighted by Gasteiger charge is -2.46. The summed E-state index contributed by atoms with van der Waals surface area (Å²) in [6, 6.07) is 25.1. The van der Waals surface area contributed by atoms with Gasteiger partial charge in [0.1, 0.15) is 5.66 Å². The molecule has 1 fully saturated rings. The highest BCUT2D eigenvalue weighted by Crippen LogP contribution is 2.34. The van der Waals surface area contributed by atoms with Crippen LogP contribution in [0.4, 0.5) is 5.69 Å². The van der Waals surface area contributed by atoms with Crippen LogP contribution in [0.25, 0.3) is 0 Å². The summed E-state index contributed by atoms with van der Waals surface area (Å²) in [6.07, 6.45) is 1.26. The molecule has 0 unspecified atom stereocenters. The second kappa shape index (κ2) is 8.32. The molecule has 32 heavy (non-hydrogen) atoms. The molecule has 0 saturated carbocycles. The Balaban J connectivity index is 1.36. The molecule has 6 heteroatoms. The van der Waals surface area contributed by atoms with Crippen molar-refractivity contribution in [3.05, 3.63) is 101 Å². The highest BCUT2D eigenvalue weighted by Gasteiger charge is 2.42. The number of fused-ring (bicyclic) bond motifs is 1. The highest BCUT2D eigenvalue weighted by atomic mass is 35.5. The molecule has 0 radical (unpaired) electrons. The van der Waals surface area contributed by atoms with Gasteiger partial charge in [0.2, 0.25) is 5.91 Å². The number of anilines is 1. The first-order valence-electron chi connectivity index (χ1n) is 10.8. The van der Waals surface area contributed by atoms with Crippen LogP contribution < -0.4 is 10.6 Å². The number of halogens is 1. The molecule has 1 spiro atoms. The molecule has 0 atom stereocenters. The van der Waals surface area contributed by atoms with Gasteiger partial charge in [-0.05, 0) is 29.3 Å². The lowest BCUT2D eigenvalue weighted by molar-refractivity contribution is -0.133. The number of nitrogens with one attached hydrogen (secondary N) is 2. The summed E-state index contributed by atoms with van der Waals surface area (Å²) < 4.78 is 0. The summed E-state index contributed by atoms with van der Waals surface area (Å²) in [6.45, 7) is 1.12. The van der Waals surface area contributed by atoms with E-state index in [0.717, 1.165) is 16.8 Å². The van der Waals surface area contributed by atoms with Crippen LogP contribution in [0.15, 0.2) is 78.9 Å². The number of hydrogen-bond acceptors (Lipinski definition) is 3. The normalized spacial score (nSPS) is 16.9. The van der Waals surface area contributed by atoms with Crippen LogP contribution in [0, 0.1) is 0 Å². The zero-order valence-corrected chi connectivity index (χ0v) is 18.3. The van der Waals surface area contributed by atoms with Crippen LogP contribution in [0.2, 0.25) is 5.02 Å². The Morgan fingerprint density at radius 3 is 2.06 bits per heavy atom. The number of hydrogen-bond donors (Lipinski definition) is 2. The maximum Gasteiger partial charge on any atom is 0.255 e. The highest BCUT2D eigenvalue weighted by molar-refractivity contribution is 6.31. The van der Waals surface area contributed by atoms with Gasteiger partial charge in [-0.3, -0.25) is 9.59 Å². The van der Waals surface area contributed by atoms with Gasteiger partial charge in [0.25, 0.3) is 5.91 Å². The minimum atomic E-state index is -0.552. The molecule has 5 rings (SSSR count). The van der Waals surface area contributed by atoms with Gasteiger partial charge in [-0.25, -0.2) is 0 Å². The molecular weight excluding hydrogens is 422 g/mol. The van der Waals surface area contributed by atoms with Crippen LogP contribution >= 0.6 is 11.6 Å². The van der Waals surface area contributed by atoms with Crippen molar-refractivity contribution in [2.45, 2.75) is 24.4 Å². The van der Waals surface area contributed by atoms with Crippen LogP contribution in [0.3, 0.4) is 0 Å².